The van der Waals surface area contributed by atoms with Gasteiger partial charge in [-0.1, -0.05) is 12.6 Å². The average Bonchev–Trinajstić information content (AvgIpc) is 3.67. The highest BCUT2D eigenvalue weighted by molar-refractivity contribution is 5.96. The Morgan fingerprint density at radius 2 is 2.08 bits per heavy atom. The quantitative estimate of drug-likeness (QED) is 0.267. The largest absolute Gasteiger partial charge is 0.438 e. The summed E-state index contributed by atoms with van der Waals surface area (Å²) in [5, 5.41) is 11.2. The van der Waals surface area contributed by atoms with Gasteiger partial charge in [0.25, 0.3) is 5.91 Å². The van der Waals surface area contributed by atoms with Crippen molar-refractivity contribution in [2.24, 2.45) is 0 Å². The fraction of sp³-hybridized carbons (Fsp3) is 0.367. The maximum Gasteiger partial charge on any atom is 0.251 e. The van der Waals surface area contributed by atoms with E-state index in [9.17, 15) is 9.18 Å². The van der Waals surface area contributed by atoms with Crippen molar-refractivity contribution in [1.82, 2.24) is 24.8 Å². The summed E-state index contributed by atoms with van der Waals surface area (Å²) in [6, 6.07) is 7.76. The number of nitrogens with one attached hydrogen (secondary N) is 2. The Morgan fingerprint density at radius 1 is 1.27 bits per heavy atom. The Kier molecular flexibility index (Phi) is 8.57. The van der Waals surface area contributed by atoms with Crippen molar-refractivity contribution < 1.29 is 18.7 Å². The first-order valence-electron chi connectivity index (χ1n) is 13.6. The number of carbonyl (C=O) groups excluding carboxylic acids is 1. The van der Waals surface area contributed by atoms with E-state index in [1.54, 1.807) is 29.8 Å². The lowest BCUT2D eigenvalue weighted by Gasteiger charge is -2.26. The number of morpholine rings is 1. The van der Waals surface area contributed by atoms with Gasteiger partial charge in [-0.05, 0) is 56.5 Å². The van der Waals surface area contributed by atoms with Gasteiger partial charge in [0.2, 0.25) is 5.88 Å². The first-order valence-corrected chi connectivity index (χ1v) is 13.6. The number of allylic oxidation sites excluding steroid dienone is 4. The smallest absolute Gasteiger partial charge is 0.251 e. The Bertz CT molecular complexity index is 1450. The molecule has 1 amide bonds. The summed E-state index contributed by atoms with van der Waals surface area (Å²) in [5.41, 5.74) is 4.49. The molecule has 5 rings (SSSR count). The fourth-order valence-electron chi connectivity index (χ4n) is 4.55. The molecular weight excluding hydrogens is 511 g/mol. The van der Waals surface area contributed by atoms with Crippen molar-refractivity contribution in [3.63, 3.8) is 0 Å². The number of rotatable bonds is 11. The molecule has 2 aliphatic rings. The van der Waals surface area contributed by atoms with Crippen LogP contribution in [-0.2, 0) is 4.74 Å². The van der Waals surface area contributed by atoms with Crippen molar-refractivity contribution in [2.75, 3.05) is 44.7 Å². The molecule has 0 radical (unpaired) electrons. The van der Waals surface area contributed by atoms with Gasteiger partial charge in [0.05, 0.1) is 30.8 Å². The van der Waals surface area contributed by atoms with Gasteiger partial charge in [-0.3, -0.25) is 9.69 Å². The number of hydrogen-bond acceptors (Lipinski definition) is 7. The number of anilines is 1. The summed E-state index contributed by atoms with van der Waals surface area (Å²) in [7, 11) is 0. The Morgan fingerprint density at radius 3 is 2.77 bits per heavy atom. The first kappa shape index (κ1) is 27.5. The normalized spacial score (nSPS) is 16.7. The predicted molar refractivity (Wildman–Crippen MR) is 153 cm³/mol. The highest BCUT2D eigenvalue weighted by atomic mass is 19.1. The molecule has 40 heavy (non-hydrogen) atoms. The number of halogens is 1. The molecular formula is C30H35FN6O3. The van der Waals surface area contributed by atoms with E-state index >= 15 is 0 Å². The van der Waals surface area contributed by atoms with E-state index in [1.165, 1.54) is 6.08 Å². The molecule has 0 atom stereocenters. The van der Waals surface area contributed by atoms with Gasteiger partial charge in [-0.2, -0.15) is 0 Å². The zero-order valence-corrected chi connectivity index (χ0v) is 23.0. The third-order valence-electron chi connectivity index (χ3n) is 6.95. The number of carbonyl (C=O) groups is 1. The van der Waals surface area contributed by atoms with Gasteiger partial charge in [0.1, 0.15) is 11.6 Å². The number of imidazole rings is 1. The number of aromatic nitrogens is 3. The highest BCUT2D eigenvalue weighted by Crippen LogP contribution is 2.29. The van der Waals surface area contributed by atoms with Crippen molar-refractivity contribution >= 4 is 17.2 Å². The predicted octanol–water partition coefficient (Wildman–Crippen LogP) is 4.66. The molecule has 1 aliphatic heterocycles. The summed E-state index contributed by atoms with van der Waals surface area (Å²) in [5.74, 6) is 0.0117. The van der Waals surface area contributed by atoms with Gasteiger partial charge in [0.15, 0.2) is 5.65 Å². The molecule has 0 bridgehead atoms. The fourth-order valence-corrected chi connectivity index (χ4v) is 4.55. The van der Waals surface area contributed by atoms with Crippen LogP contribution >= 0.6 is 0 Å². The standard InChI is InChI=1S/C30H35FN6O3/c1-4-22(31)17-24(5-2)40-28-18-26(32-10-11-36-12-14-39-15-13-36)29-33-19-27(37(29)35-28)21-6-9-25(20(3)16-21)30(38)34-23-7-8-23/h4-6,9,16-19,23,32H,1,7-8,10-15H2,2-3H3,(H,34,38)/b22-17+,24-5+. The summed E-state index contributed by atoms with van der Waals surface area (Å²) in [6.45, 7) is 11.9. The molecule has 2 N–H and O–H groups in total. The molecule has 9 nitrogen and oxygen atoms in total. The molecule has 1 saturated heterocycles. The topological polar surface area (TPSA) is 93.0 Å². The Balaban J connectivity index is 1.46. The van der Waals surface area contributed by atoms with Crippen LogP contribution in [0.1, 0.15) is 35.7 Å². The second kappa shape index (κ2) is 12.4. The molecule has 2 aromatic heterocycles. The zero-order chi connectivity index (χ0) is 28.1. The van der Waals surface area contributed by atoms with Crippen LogP contribution < -0.4 is 15.4 Å². The van der Waals surface area contributed by atoms with E-state index in [4.69, 9.17) is 14.6 Å². The minimum Gasteiger partial charge on any atom is -0.438 e. The van der Waals surface area contributed by atoms with Crippen molar-refractivity contribution in [3.8, 4) is 17.1 Å². The number of hydrogen-bond donors (Lipinski definition) is 2. The van der Waals surface area contributed by atoms with Gasteiger partial charge in [-0.15, -0.1) is 5.10 Å². The van der Waals surface area contributed by atoms with E-state index in [1.807, 2.05) is 25.1 Å². The SMILES string of the molecule is C=C/C(F)=C\C(=C/C)Oc1cc(NCCN2CCOCC2)c2ncc(-c3ccc(C(=O)NC4CC4)c(C)c3)n2n1. The van der Waals surface area contributed by atoms with Crippen molar-refractivity contribution in [1.29, 1.82) is 0 Å². The van der Waals surface area contributed by atoms with Gasteiger partial charge in [-0.25, -0.2) is 13.9 Å². The van der Waals surface area contributed by atoms with Crippen LogP contribution in [-0.4, -0.2) is 70.8 Å². The summed E-state index contributed by atoms with van der Waals surface area (Å²) in [4.78, 5) is 19.6. The molecule has 1 aliphatic carbocycles. The number of aryl methyl sites for hydroxylation is 1. The summed E-state index contributed by atoms with van der Waals surface area (Å²) < 4.78 is 27.1. The van der Waals surface area contributed by atoms with E-state index in [0.29, 0.717) is 29.6 Å². The second-order valence-corrected chi connectivity index (χ2v) is 9.96. The lowest BCUT2D eigenvalue weighted by atomic mass is 10.0. The van der Waals surface area contributed by atoms with Gasteiger partial charge in [0, 0.05) is 55.5 Å². The Labute approximate surface area is 233 Å². The van der Waals surface area contributed by atoms with Crippen LogP contribution in [0.25, 0.3) is 16.9 Å². The van der Waals surface area contributed by atoms with E-state index in [-0.39, 0.29) is 11.8 Å². The maximum atomic E-state index is 13.9. The molecule has 1 saturated carbocycles. The minimum atomic E-state index is -0.511. The van der Waals surface area contributed by atoms with Crippen LogP contribution in [0.5, 0.6) is 5.88 Å². The van der Waals surface area contributed by atoms with Crippen LogP contribution in [0.3, 0.4) is 0 Å². The molecule has 3 heterocycles. The Hall–Kier alpha value is -4.02. The monoisotopic (exact) mass is 546 g/mol. The van der Waals surface area contributed by atoms with E-state index in [0.717, 1.165) is 74.3 Å². The number of fused-ring (bicyclic) bond motifs is 1. The molecule has 0 unspecified atom stereocenters. The number of nitrogens with zero attached hydrogens (tertiary/aromatic N) is 4. The van der Waals surface area contributed by atoms with Gasteiger partial charge >= 0.3 is 0 Å². The maximum absolute atomic E-state index is 13.9. The van der Waals surface area contributed by atoms with Crippen molar-refractivity contribution in [2.45, 2.75) is 32.7 Å². The number of amides is 1. The molecule has 3 aromatic rings. The first-order chi connectivity index (χ1) is 19.4. The van der Waals surface area contributed by atoms with E-state index in [2.05, 4.69) is 27.1 Å². The third-order valence-corrected chi connectivity index (χ3v) is 6.95. The molecule has 210 valence electrons. The lowest BCUT2D eigenvalue weighted by molar-refractivity contribution is 0.0398. The molecule has 0 spiro atoms. The van der Waals surface area contributed by atoms with Crippen LogP contribution in [0, 0.1) is 6.92 Å². The van der Waals surface area contributed by atoms with Crippen LogP contribution in [0.4, 0.5) is 10.1 Å². The number of ether oxygens (including phenoxy) is 2. The summed E-state index contributed by atoms with van der Waals surface area (Å²) in [6.07, 6.45) is 7.86. The third kappa shape index (κ3) is 6.57. The lowest BCUT2D eigenvalue weighted by Crippen LogP contribution is -2.39. The van der Waals surface area contributed by atoms with Crippen LogP contribution in [0.15, 0.2) is 66.9 Å². The van der Waals surface area contributed by atoms with Gasteiger partial charge < -0.3 is 20.1 Å². The zero-order valence-electron chi connectivity index (χ0n) is 23.0. The summed E-state index contributed by atoms with van der Waals surface area (Å²) >= 11 is 0. The highest BCUT2D eigenvalue weighted by Gasteiger charge is 2.24. The minimum absolute atomic E-state index is 0.0519. The molecule has 10 heteroatoms. The average molecular weight is 547 g/mol. The van der Waals surface area contributed by atoms with Crippen LogP contribution in [0.2, 0.25) is 0 Å². The molecule has 1 aromatic carbocycles. The molecule has 2 fully saturated rings. The number of benzene rings is 1. The second-order valence-electron chi connectivity index (χ2n) is 9.96. The van der Waals surface area contributed by atoms with E-state index < -0.39 is 5.83 Å². The van der Waals surface area contributed by atoms with Crippen molar-refractivity contribution in [3.05, 3.63) is 78.0 Å².